The van der Waals surface area contributed by atoms with Crippen LogP contribution in [0.25, 0.3) is 0 Å². The first-order chi connectivity index (χ1) is 17.2. The zero-order chi connectivity index (χ0) is 26.2. The van der Waals surface area contributed by atoms with Crippen LogP contribution in [0, 0.1) is 6.92 Å². The molecule has 3 aromatic carbocycles. The van der Waals surface area contributed by atoms with Gasteiger partial charge in [-0.3, -0.25) is 9.59 Å². The van der Waals surface area contributed by atoms with Gasteiger partial charge in [-0.05, 0) is 73.5 Å². The van der Waals surface area contributed by atoms with Crippen molar-refractivity contribution in [2.45, 2.75) is 13.8 Å². The largest absolute Gasteiger partial charge is 0.490 e. The van der Waals surface area contributed by atoms with Crippen molar-refractivity contribution >= 4 is 64.5 Å². The number of amides is 2. The van der Waals surface area contributed by atoms with Crippen molar-refractivity contribution in [3.63, 3.8) is 0 Å². The Kier molecular flexibility index (Phi) is 9.30. The summed E-state index contributed by atoms with van der Waals surface area (Å²) in [5.74, 6) is -2.15. The van der Waals surface area contributed by atoms with Crippen LogP contribution in [0.3, 0.4) is 0 Å². The number of nitrogens with one attached hydrogen (secondary N) is 2. The molecule has 0 spiro atoms. The Morgan fingerprint density at radius 3 is 2.39 bits per heavy atom. The third kappa shape index (κ3) is 7.21. The number of nitrogens with zero attached hydrogens (tertiary/aromatic N) is 1. The average Bonchev–Trinajstić information content (AvgIpc) is 2.83. The van der Waals surface area contributed by atoms with E-state index in [1.54, 1.807) is 31.2 Å². The maximum Gasteiger partial charge on any atom is 0.345 e. The first kappa shape index (κ1) is 27.0. The third-order valence-electron chi connectivity index (χ3n) is 4.64. The van der Waals surface area contributed by atoms with Crippen molar-refractivity contribution in [1.82, 2.24) is 5.43 Å². The monoisotopic (exact) mass is 547 g/mol. The fraction of sp³-hybridized carbons (Fsp3) is 0.120. The standard InChI is InChI=1S/C25H20Cl3N3O5/c1-3-35-22-10-15(5-9-21(22)36-25(34)18-8-6-16(26)11-20(18)28)13-29-31-24(33)23(32)30-17-7-4-14(2)19(27)12-17/h4-13H,3H2,1-2H3,(H,30,32)(H,31,33). The molecular weight excluding hydrogens is 529 g/mol. The van der Waals surface area contributed by atoms with Crippen molar-refractivity contribution in [3.05, 3.63) is 86.4 Å². The van der Waals surface area contributed by atoms with Crippen LogP contribution in [0.5, 0.6) is 11.5 Å². The van der Waals surface area contributed by atoms with Gasteiger partial charge in [0, 0.05) is 15.7 Å². The van der Waals surface area contributed by atoms with Gasteiger partial charge in [-0.1, -0.05) is 40.9 Å². The summed E-state index contributed by atoms with van der Waals surface area (Å²) in [4.78, 5) is 36.7. The summed E-state index contributed by atoms with van der Waals surface area (Å²) in [5.41, 5.74) is 4.01. The summed E-state index contributed by atoms with van der Waals surface area (Å²) >= 11 is 18.0. The SMILES string of the molecule is CCOc1cc(C=NNC(=O)C(=O)Nc2ccc(C)c(Cl)c2)ccc1OC(=O)c1ccc(Cl)cc1Cl. The van der Waals surface area contributed by atoms with Gasteiger partial charge < -0.3 is 14.8 Å². The molecule has 0 aliphatic carbocycles. The zero-order valence-electron chi connectivity index (χ0n) is 19.1. The van der Waals surface area contributed by atoms with E-state index in [-0.39, 0.29) is 22.1 Å². The molecule has 0 bridgehead atoms. The number of rotatable bonds is 7. The van der Waals surface area contributed by atoms with Crippen LogP contribution < -0.4 is 20.2 Å². The van der Waals surface area contributed by atoms with E-state index in [0.29, 0.717) is 27.9 Å². The third-order valence-corrected chi connectivity index (χ3v) is 5.59. The molecule has 3 aromatic rings. The Balaban J connectivity index is 1.65. The number of carbonyl (C=O) groups excluding carboxylic acids is 3. The molecule has 36 heavy (non-hydrogen) atoms. The molecule has 8 nitrogen and oxygen atoms in total. The number of esters is 1. The lowest BCUT2D eigenvalue weighted by molar-refractivity contribution is -0.136. The lowest BCUT2D eigenvalue weighted by Gasteiger charge is -2.12. The first-order valence-corrected chi connectivity index (χ1v) is 11.7. The summed E-state index contributed by atoms with van der Waals surface area (Å²) in [7, 11) is 0. The minimum atomic E-state index is -0.974. The van der Waals surface area contributed by atoms with E-state index < -0.39 is 17.8 Å². The van der Waals surface area contributed by atoms with Crippen molar-refractivity contribution in [2.24, 2.45) is 5.10 Å². The van der Waals surface area contributed by atoms with Gasteiger partial charge in [0.2, 0.25) is 0 Å². The van der Waals surface area contributed by atoms with Gasteiger partial charge in [0.1, 0.15) is 0 Å². The Bertz CT molecular complexity index is 1340. The lowest BCUT2D eigenvalue weighted by atomic mass is 10.2. The van der Waals surface area contributed by atoms with Gasteiger partial charge in [-0.15, -0.1) is 0 Å². The minimum Gasteiger partial charge on any atom is -0.490 e. The molecule has 0 atom stereocenters. The van der Waals surface area contributed by atoms with E-state index in [9.17, 15) is 14.4 Å². The molecule has 0 aliphatic heterocycles. The molecular formula is C25H20Cl3N3O5. The average molecular weight is 549 g/mol. The van der Waals surface area contributed by atoms with Crippen LogP contribution >= 0.6 is 34.8 Å². The second-order valence-corrected chi connectivity index (χ2v) is 8.52. The highest BCUT2D eigenvalue weighted by molar-refractivity contribution is 6.40. The van der Waals surface area contributed by atoms with E-state index in [4.69, 9.17) is 44.3 Å². The van der Waals surface area contributed by atoms with Crippen LogP contribution in [-0.2, 0) is 9.59 Å². The summed E-state index contributed by atoms with van der Waals surface area (Å²) in [5, 5.41) is 7.23. The van der Waals surface area contributed by atoms with E-state index in [1.165, 1.54) is 36.5 Å². The molecule has 3 rings (SSSR count). The number of hydrazone groups is 1. The number of benzene rings is 3. The summed E-state index contributed by atoms with van der Waals surface area (Å²) in [6.45, 7) is 3.88. The Morgan fingerprint density at radius 1 is 0.917 bits per heavy atom. The van der Waals surface area contributed by atoms with Crippen LogP contribution in [0.4, 0.5) is 5.69 Å². The molecule has 186 valence electrons. The second-order valence-electron chi connectivity index (χ2n) is 7.27. The number of anilines is 1. The maximum atomic E-state index is 12.5. The smallest absolute Gasteiger partial charge is 0.345 e. The Labute approximate surface area is 222 Å². The van der Waals surface area contributed by atoms with E-state index in [1.807, 2.05) is 6.92 Å². The first-order valence-electron chi connectivity index (χ1n) is 10.5. The van der Waals surface area contributed by atoms with Crippen molar-refractivity contribution in [2.75, 3.05) is 11.9 Å². The van der Waals surface area contributed by atoms with Crippen LogP contribution in [0.1, 0.15) is 28.4 Å². The highest BCUT2D eigenvalue weighted by Crippen LogP contribution is 2.30. The molecule has 11 heteroatoms. The molecule has 2 amide bonds. The predicted octanol–water partition coefficient (Wildman–Crippen LogP) is 5.66. The van der Waals surface area contributed by atoms with Crippen molar-refractivity contribution < 1.29 is 23.9 Å². The number of hydrogen-bond acceptors (Lipinski definition) is 6. The molecule has 0 unspecified atom stereocenters. The quantitative estimate of drug-likeness (QED) is 0.130. The summed E-state index contributed by atoms with van der Waals surface area (Å²) < 4.78 is 11.0. The van der Waals surface area contributed by atoms with Gasteiger partial charge in [-0.25, -0.2) is 10.2 Å². The number of halogens is 3. The van der Waals surface area contributed by atoms with Gasteiger partial charge in [0.25, 0.3) is 0 Å². The Hall–Kier alpha value is -3.59. The van der Waals surface area contributed by atoms with Crippen molar-refractivity contribution in [1.29, 1.82) is 0 Å². The summed E-state index contributed by atoms with van der Waals surface area (Å²) in [6, 6.07) is 13.9. The van der Waals surface area contributed by atoms with E-state index in [0.717, 1.165) is 5.56 Å². The van der Waals surface area contributed by atoms with Gasteiger partial charge in [0.05, 0.1) is 23.4 Å². The number of hydrogen-bond donors (Lipinski definition) is 2. The van der Waals surface area contributed by atoms with Gasteiger partial charge in [0.15, 0.2) is 11.5 Å². The van der Waals surface area contributed by atoms with Gasteiger partial charge in [-0.2, -0.15) is 5.10 Å². The lowest BCUT2D eigenvalue weighted by Crippen LogP contribution is -2.32. The minimum absolute atomic E-state index is 0.142. The predicted molar refractivity (Wildman–Crippen MR) is 140 cm³/mol. The molecule has 0 fully saturated rings. The topological polar surface area (TPSA) is 106 Å². The zero-order valence-corrected chi connectivity index (χ0v) is 21.4. The van der Waals surface area contributed by atoms with E-state index in [2.05, 4.69) is 15.8 Å². The highest BCUT2D eigenvalue weighted by Gasteiger charge is 2.17. The fourth-order valence-corrected chi connectivity index (χ4v) is 3.51. The molecule has 0 aliphatic rings. The highest BCUT2D eigenvalue weighted by atomic mass is 35.5. The van der Waals surface area contributed by atoms with Crippen LogP contribution in [0.2, 0.25) is 15.1 Å². The number of aryl methyl sites for hydroxylation is 1. The number of ether oxygens (including phenoxy) is 2. The Morgan fingerprint density at radius 2 is 1.69 bits per heavy atom. The molecule has 0 aromatic heterocycles. The van der Waals surface area contributed by atoms with E-state index >= 15 is 0 Å². The summed E-state index contributed by atoms with van der Waals surface area (Å²) in [6.07, 6.45) is 1.30. The molecule has 0 heterocycles. The normalized spacial score (nSPS) is 10.7. The van der Waals surface area contributed by atoms with Crippen molar-refractivity contribution in [3.8, 4) is 11.5 Å². The molecule has 0 saturated heterocycles. The molecule has 2 N–H and O–H groups in total. The van der Waals surface area contributed by atoms with Gasteiger partial charge >= 0.3 is 17.8 Å². The number of carbonyl (C=O) groups is 3. The molecule has 0 saturated carbocycles. The van der Waals surface area contributed by atoms with Crippen LogP contribution in [0.15, 0.2) is 59.7 Å². The fourth-order valence-electron chi connectivity index (χ4n) is 2.84. The van der Waals surface area contributed by atoms with Crippen LogP contribution in [-0.4, -0.2) is 30.6 Å². The molecule has 0 radical (unpaired) electrons. The maximum absolute atomic E-state index is 12.5. The second kappa shape index (κ2) is 12.4.